The summed E-state index contributed by atoms with van der Waals surface area (Å²) in [7, 11) is 0. The number of carbonyl (C=O) groups is 3. The molecule has 2 aliphatic rings. The van der Waals surface area contributed by atoms with Crippen LogP contribution in [0.2, 0.25) is 0 Å². The molecule has 0 aromatic carbocycles. The molecule has 8 heteroatoms. The molecule has 0 atom stereocenters. The van der Waals surface area contributed by atoms with Crippen LogP contribution in [0.25, 0.3) is 0 Å². The van der Waals surface area contributed by atoms with Crippen molar-refractivity contribution in [1.82, 2.24) is 15.1 Å². The summed E-state index contributed by atoms with van der Waals surface area (Å²) < 4.78 is 5.89. The van der Waals surface area contributed by atoms with Gasteiger partial charge in [0.2, 0.25) is 0 Å². The third-order valence-corrected chi connectivity index (χ3v) is 4.43. The number of halogens is 1. The summed E-state index contributed by atoms with van der Waals surface area (Å²) in [4.78, 5) is 39.4. The van der Waals surface area contributed by atoms with E-state index in [9.17, 15) is 14.4 Å². The summed E-state index contributed by atoms with van der Waals surface area (Å²) >= 11 is 3.21. The molecule has 7 nitrogen and oxygen atoms in total. The molecule has 1 aliphatic carbocycles. The monoisotopic (exact) mass is 383 g/mol. The Morgan fingerprint density at radius 2 is 1.78 bits per heavy atom. The molecular weight excluding hydrogens is 366 g/mol. The maximum Gasteiger partial charge on any atom is 0.312 e. The lowest BCUT2D eigenvalue weighted by molar-refractivity contribution is -0.146. The van der Waals surface area contributed by atoms with Crippen molar-refractivity contribution in [3.63, 3.8) is 0 Å². The molecule has 3 amide bonds. The maximum absolute atomic E-state index is 12.4. The molecule has 1 N–H and O–H groups in total. The van der Waals surface area contributed by atoms with Crippen LogP contribution in [0.1, 0.15) is 29.0 Å². The lowest BCUT2D eigenvalue weighted by atomic mass is 10.2. The van der Waals surface area contributed by atoms with E-state index in [2.05, 4.69) is 21.2 Å². The molecule has 0 bridgehead atoms. The minimum atomic E-state index is -0.543. The van der Waals surface area contributed by atoms with Gasteiger partial charge >= 0.3 is 11.8 Å². The van der Waals surface area contributed by atoms with Crippen molar-refractivity contribution in [3.8, 4) is 0 Å². The van der Waals surface area contributed by atoms with Crippen molar-refractivity contribution in [2.45, 2.75) is 25.8 Å². The average molecular weight is 384 g/mol. The zero-order valence-electron chi connectivity index (χ0n) is 12.8. The highest BCUT2D eigenvalue weighted by atomic mass is 79.9. The van der Waals surface area contributed by atoms with Gasteiger partial charge in [0.1, 0.15) is 0 Å². The first-order valence-corrected chi connectivity index (χ1v) is 8.40. The van der Waals surface area contributed by atoms with Gasteiger partial charge in [-0.05, 0) is 41.8 Å². The fourth-order valence-corrected chi connectivity index (χ4v) is 3.04. The Balaban J connectivity index is 1.55. The lowest BCUT2D eigenvalue weighted by Gasteiger charge is -2.34. The largest absolute Gasteiger partial charge is 0.444 e. The minimum absolute atomic E-state index is 0.162. The highest BCUT2D eigenvalue weighted by Gasteiger charge is 2.32. The summed E-state index contributed by atoms with van der Waals surface area (Å²) in [5.41, 5.74) is 0.768. The van der Waals surface area contributed by atoms with Gasteiger partial charge in [-0.15, -0.1) is 0 Å². The fourth-order valence-electron chi connectivity index (χ4n) is 2.53. The van der Waals surface area contributed by atoms with E-state index >= 15 is 0 Å². The SMILES string of the molecule is Cc1cc(Br)oc1C(=O)N1CCN(C(=O)C(=O)NC2CC2)CC1. The van der Waals surface area contributed by atoms with Gasteiger partial charge in [-0.2, -0.15) is 0 Å². The van der Waals surface area contributed by atoms with E-state index in [1.807, 2.05) is 6.92 Å². The summed E-state index contributed by atoms with van der Waals surface area (Å²) in [5.74, 6) is -0.940. The molecule has 2 heterocycles. The van der Waals surface area contributed by atoms with E-state index in [0.29, 0.717) is 36.6 Å². The van der Waals surface area contributed by atoms with E-state index < -0.39 is 11.8 Å². The normalized spacial score (nSPS) is 18.0. The zero-order valence-corrected chi connectivity index (χ0v) is 14.4. The van der Waals surface area contributed by atoms with E-state index in [0.717, 1.165) is 18.4 Å². The summed E-state index contributed by atoms with van der Waals surface area (Å²) in [5, 5.41) is 2.69. The second kappa shape index (κ2) is 6.35. The van der Waals surface area contributed by atoms with Crippen LogP contribution >= 0.6 is 15.9 Å². The average Bonchev–Trinajstić information content (AvgIpc) is 3.28. The molecule has 1 aromatic heterocycles. The predicted octanol–water partition coefficient (Wildman–Crippen LogP) is 0.914. The number of aryl methyl sites for hydroxylation is 1. The molecule has 1 saturated carbocycles. The number of nitrogens with zero attached hydrogens (tertiary/aromatic N) is 2. The van der Waals surface area contributed by atoms with Crippen molar-refractivity contribution in [1.29, 1.82) is 0 Å². The number of carbonyl (C=O) groups excluding carboxylic acids is 3. The van der Waals surface area contributed by atoms with Crippen molar-refractivity contribution in [2.24, 2.45) is 0 Å². The molecule has 0 radical (unpaired) electrons. The van der Waals surface area contributed by atoms with E-state index in [1.165, 1.54) is 4.90 Å². The highest BCUT2D eigenvalue weighted by Crippen LogP contribution is 2.22. The van der Waals surface area contributed by atoms with E-state index in [4.69, 9.17) is 4.42 Å². The Bertz CT molecular complexity index is 645. The highest BCUT2D eigenvalue weighted by molar-refractivity contribution is 9.10. The number of nitrogens with one attached hydrogen (secondary N) is 1. The van der Waals surface area contributed by atoms with E-state index in [1.54, 1.807) is 11.0 Å². The second-order valence-corrected chi connectivity index (χ2v) is 6.68. The van der Waals surface area contributed by atoms with Gasteiger partial charge in [-0.25, -0.2) is 0 Å². The van der Waals surface area contributed by atoms with Gasteiger partial charge in [-0.3, -0.25) is 14.4 Å². The Morgan fingerprint density at radius 1 is 1.17 bits per heavy atom. The number of rotatable bonds is 2. The maximum atomic E-state index is 12.4. The van der Waals surface area contributed by atoms with E-state index in [-0.39, 0.29) is 11.9 Å². The second-order valence-electron chi connectivity index (χ2n) is 5.89. The van der Waals surface area contributed by atoms with Crippen LogP contribution in [-0.2, 0) is 9.59 Å². The quantitative estimate of drug-likeness (QED) is 0.769. The van der Waals surface area contributed by atoms with Crippen LogP contribution in [0.15, 0.2) is 15.2 Å². The number of amides is 3. The smallest absolute Gasteiger partial charge is 0.312 e. The minimum Gasteiger partial charge on any atom is -0.444 e. The molecule has 0 unspecified atom stereocenters. The van der Waals surface area contributed by atoms with Gasteiger partial charge < -0.3 is 19.5 Å². The number of hydrogen-bond donors (Lipinski definition) is 1. The lowest BCUT2D eigenvalue weighted by Crippen LogP contribution is -2.54. The van der Waals surface area contributed by atoms with Crippen LogP contribution in [0.4, 0.5) is 0 Å². The van der Waals surface area contributed by atoms with Gasteiger partial charge in [0.25, 0.3) is 5.91 Å². The summed E-state index contributed by atoms with van der Waals surface area (Å²) in [6, 6.07) is 1.91. The number of furan rings is 1. The Kier molecular flexibility index (Phi) is 4.43. The van der Waals surface area contributed by atoms with Gasteiger partial charge in [0, 0.05) is 37.8 Å². The molecule has 1 aliphatic heterocycles. The van der Waals surface area contributed by atoms with Crippen molar-refractivity contribution < 1.29 is 18.8 Å². The summed E-state index contributed by atoms with van der Waals surface area (Å²) in [6.07, 6.45) is 1.89. The van der Waals surface area contributed by atoms with Crippen molar-refractivity contribution in [3.05, 3.63) is 22.1 Å². The Morgan fingerprint density at radius 3 is 2.30 bits per heavy atom. The number of piperazine rings is 1. The van der Waals surface area contributed by atoms with Crippen LogP contribution in [0.3, 0.4) is 0 Å². The third kappa shape index (κ3) is 3.57. The Labute approximate surface area is 142 Å². The van der Waals surface area contributed by atoms with Crippen molar-refractivity contribution in [2.75, 3.05) is 26.2 Å². The fraction of sp³-hybridized carbons (Fsp3) is 0.533. The third-order valence-electron chi connectivity index (χ3n) is 4.04. The van der Waals surface area contributed by atoms with Crippen LogP contribution in [0, 0.1) is 6.92 Å². The molecule has 1 saturated heterocycles. The van der Waals surface area contributed by atoms with Gasteiger partial charge in [-0.1, -0.05) is 0 Å². The Hall–Kier alpha value is -1.83. The number of hydrogen-bond acceptors (Lipinski definition) is 4. The molecule has 23 heavy (non-hydrogen) atoms. The molecule has 0 spiro atoms. The van der Waals surface area contributed by atoms with Gasteiger partial charge in [0.15, 0.2) is 10.4 Å². The first kappa shape index (κ1) is 16.0. The van der Waals surface area contributed by atoms with Gasteiger partial charge in [0.05, 0.1) is 0 Å². The zero-order chi connectivity index (χ0) is 16.6. The van der Waals surface area contributed by atoms with Crippen LogP contribution in [0.5, 0.6) is 0 Å². The molecule has 124 valence electrons. The summed E-state index contributed by atoms with van der Waals surface area (Å²) in [6.45, 7) is 3.29. The first-order chi connectivity index (χ1) is 11.0. The topological polar surface area (TPSA) is 82.9 Å². The van der Waals surface area contributed by atoms with Crippen LogP contribution < -0.4 is 5.32 Å². The van der Waals surface area contributed by atoms with Crippen molar-refractivity contribution >= 4 is 33.7 Å². The molecule has 2 fully saturated rings. The predicted molar refractivity (Wildman–Crippen MR) is 84.8 cm³/mol. The molecule has 1 aromatic rings. The molecule has 3 rings (SSSR count). The van der Waals surface area contributed by atoms with Crippen LogP contribution in [-0.4, -0.2) is 59.7 Å². The molecular formula is C15H18BrN3O4. The first-order valence-electron chi connectivity index (χ1n) is 7.60. The standard InChI is InChI=1S/C15H18BrN3O4/c1-9-8-11(16)23-12(9)14(21)18-4-6-19(7-5-18)15(22)13(20)17-10-2-3-10/h8,10H,2-7H2,1H3,(H,17,20).